The number of amides is 1. The molecule has 13 heteroatoms. The maximum Gasteiger partial charge on any atom is 0.471 e. The number of rotatable bonds is 6. The van der Waals surface area contributed by atoms with E-state index in [0.29, 0.717) is 17.8 Å². The lowest BCUT2D eigenvalue weighted by molar-refractivity contribution is -0.185. The van der Waals surface area contributed by atoms with Gasteiger partial charge in [0.2, 0.25) is 0 Å². The zero-order valence-corrected chi connectivity index (χ0v) is 18.8. The van der Waals surface area contributed by atoms with Crippen LogP contribution in [0.3, 0.4) is 0 Å². The van der Waals surface area contributed by atoms with Gasteiger partial charge in [-0.3, -0.25) is 9.52 Å². The molecule has 1 N–H and O–H groups in total. The lowest BCUT2D eigenvalue weighted by atomic mass is 10.1. The third kappa shape index (κ3) is 6.07. The molecule has 0 bridgehead atoms. The number of carbonyl (C=O) groups is 1. The summed E-state index contributed by atoms with van der Waals surface area (Å²) >= 11 is 0. The summed E-state index contributed by atoms with van der Waals surface area (Å²) in [5, 5.41) is 0. The molecule has 1 aliphatic heterocycles. The van der Waals surface area contributed by atoms with E-state index in [1.165, 1.54) is 30.3 Å². The van der Waals surface area contributed by atoms with Crippen LogP contribution in [0.1, 0.15) is 12.0 Å². The fraction of sp³-hybridized carbons (Fsp3) is 0.381. The number of nitrogens with zero attached hydrogens (tertiary/aromatic N) is 2. The molecule has 186 valence electrons. The Hall–Kier alpha value is -3.09. The summed E-state index contributed by atoms with van der Waals surface area (Å²) in [7, 11) is -4.14. The number of hydrogen-bond acceptors (Lipinski definition) is 5. The molecule has 0 spiro atoms. The van der Waals surface area contributed by atoms with Crippen molar-refractivity contribution in [3.05, 3.63) is 48.0 Å². The van der Waals surface area contributed by atoms with Crippen LogP contribution in [0.2, 0.25) is 0 Å². The second-order valence-corrected chi connectivity index (χ2v) is 9.19. The Labute approximate surface area is 193 Å². The van der Waals surface area contributed by atoms with Crippen LogP contribution in [0.15, 0.2) is 47.4 Å². The van der Waals surface area contributed by atoms with Gasteiger partial charge in [-0.05, 0) is 43.2 Å². The molecule has 1 heterocycles. The van der Waals surface area contributed by atoms with Gasteiger partial charge in [-0.1, -0.05) is 12.1 Å². The topological polar surface area (TPSA) is 79.0 Å². The number of anilines is 2. The van der Waals surface area contributed by atoms with Crippen molar-refractivity contribution in [2.45, 2.75) is 31.0 Å². The first kappa shape index (κ1) is 25.5. The molecule has 7 nitrogen and oxygen atoms in total. The largest absolute Gasteiger partial charge is 0.471 e. The van der Waals surface area contributed by atoms with Gasteiger partial charge >= 0.3 is 18.7 Å². The third-order valence-corrected chi connectivity index (χ3v) is 6.75. The Kier molecular flexibility index (Phi) is 7.54. The molecule has 0 saturated carbocycles. The molecule has 1 saturated heterocycles. The summed E-state index contributed by atoms with van der Waals surface area (Å²) in [4.78, 5) is 14.0. The molecule has 0 aliphatic carbocycles. The monoisotopic (exact) mass is 507 g/mol. The van der Waals surface area contributed by atoms with Crippen molar-refractivity contribution in [3.63, 3.8) is 0 Å². The van der Waals surface area contributed by atoms with Crippen molar-refractivity contribution >= 4 is 27.3 Å². The van der Waals surface area contributed by atoms with E-state index in [1.54, 1.807) is 17.9 Å². The van der Waals surface area contributed by atoms with E-state index in [-0.39, 0.29) is 42.4 Å². The maximum atomic E-state index is 13.0. The van der Waals surface area contributed by atoms with Gasteiger partial charge < -0.3 is 14.5 Å². The molecular formula is C21H22F5N3O4S. The molecule has 34 heavy (non-hydrogen) atoms. The van der Waals surface area contributed by atoms with Crippen LogP contribution in [0.5, 0.6) is 5.75 Å². The van der Waals surface area contributed by atoms with Crippen molar-refractivity contribution in [3.8, 4) is 5.75 Å². The maximum absolute atomic E-state index is 13.0. The molecule has 0 unspecified atom stereocenters. The normalized spacial score (nSPS) is 15.3. The first-order valence-corrected chi connectivity index (χ1v) is 11.6. The van der Waals surface area contributed by atoms with E-state index in [4.69, 9.17) is 0 Å². The van der Waals surface area contributed by atoms with Crippen LogP contribution in [0.4, 0.5) is 33.3 Å². The molecule has 2 aromatic rings. The first-order valence-electron chi connectivity index (χ1n) is 10.2. The third-order valence-electron chi connectivity index (χ3n) is 5.22. The average Bonchev–Trinajstić information content (AvgIpc) is 2.98. The zero-order valence-electron chi connectivity index (χ0n) is 18.0. The smallest absolute Gasteiger partial charge is 0.435 e. The van der Waals surface area contributed by atoms with Crippen molar-refractivity contribution in [2.75, 3.05) is 35.8 Å². The predicted octanol–water partition coefficient (Wildman–Crippen LogP) is 4.00. The number of benzene rings is 2. The summed E-state index contributed by atoms with van der Waals surface area (Å²) in [5.74, 6) is -2.12. The minimum absolute atomic E-state index is 0.0130. The minimum atomic E-state index is -4.96. The van der Waals surface area contributed by atoms with Gasteiger partial charge in [-0.15, -0.1) is 0 Å². The summed E-state index contributed by atoms with van der Waals surface area (Å²) in [5.41, 5.74) is 0.864. The predicted molar refractivity (Wildman–Crippen MR) is 115 cm³/mol. The average molecular weight is 507 g/mol. The minimum Gasteiger partial charge on any atom is -0.435 e. The Morgan fingerprint density at radius 3 is 2.44 bits per heavy atom. The SMILES string of the molecule is Cc1c(N2CCCN(C(=O)C(F)(F)F)CC2)cccc1S(=O)(=O)Nc1cccc(OC(F)F)c1. The van der Waals surface area contributed by atoms with Crippen LogP contribution in [-0.4, -0.2) is 58.2 Å². The number of ether oxygens (including phenoxy) is 1. The molecule has 1 fully saturated rings. The van der Waals surface area contributed by atoms with Crippen LogP contribution in [-0.2, 0) is 14.8 Å². The fourth-order valence-electron chi connectivity index (χ4n) is 3.72. The highest BCUT2D eigenvalue weighted by atomic mass is 32.2. The molecule has 2 aromatic carbocycles. The summed E-state index contributed by atoms with van der Waals surface area (Å²) in [6.07, 6.45) is -4.68. The number of nitrogens with one attached hydrogen (secondary N) is 1. The summed E-state index contributed by atoms with van der Waals surface area (Å²) in [6.45, 7) is -1.32. The van der Waals surface area contributed by atoms with Crippen molar-refractivity contribution in [2.24, 2.45) is 0 Å². The second-order valence-electron chi connectivity index (χ2n) is 7.54. The summed E-state index contributed by atoms with van der Waals surface area (Å²) < 4.78 is 95.8. The van der Waals surface area contributed by atoms with Gasteiger partial charge in [0.15, 0.2) is 0 Å². The van der Waals surface area contributed by atoms with Crippen molar-refractivity contribution < 1.29 is 39.9 Å². The highest BCUT2D eigenvalue weighted by Crippen LogP contribution is 2.30. The van der Waals surface area contributed by atoms with Gasteiger partial charge in [0.1, 0.15) is 5.75 Å². The van der Waals surface area contributed by atoms with Gasteiger partial charge in [0, 0.05) is 37.9 Å². The van der Waals surface area contributed by atoms with E-state index >= 15 is 0 Å². The van der Waals surface area contributed by atoms with Crippen molar-refractivity contribution in [1.82, 2.24) is 4.90 Å². The van der Waals surface area contributed by atoms with Gasteiger partial charge in [-0.25, -0.2) is 8.42 Å². The van der Waals surface area contributed by atoms with Crippen LogP contribution < -0.4 is 14.4 Å². The van der Waals surface area contributed by atoms with Crippen LogP contribution in [0, 0.1) is 6.92 Å². The standard InChI is InChI=1S/C21H22F5N3O4S/c1-14-17(28-9-4-10-29(12-11-28)19(30)21(24,25)26)7-3-8-18(14)34(31,32)27-15-5-2-6-16(13-15)33-20(22)23/h2-3,5-8,13,20,27H,4,9-12H2,1H3. The zero-order chi connectivity index (χ0) is 25.1. The number of sulfonamides is 1. The van der Waals surface area contributed by atoms with E-state index in [1.807, 2.05) is 0 Å². The lowest BCUT2D eigenvalue weighted by Gasteiger charge is -2.26. The van der Waals surface area contributed by atoms with Crippen molar-refractivity contribution in [1.29, 1.82) is 0 Å². The highest BCUT2D eigenvalue weighted by molar-refractivity contribution is 7.92. The second kappa shape index (κ2) is 10.0. The van der Waals surface area contributed by atoms with Crippen LogP contribution in [0.25, 0.3) is 0 Å². The molecule has 0 atom stereocenters. The van der Waals surface area contributed by atoms with Gasteiger partial charge in [0.05, 0.1) is 10.6 Å². The molecule has 0 radical (unpaired) electrons. The highest BCUT2D eigenvalue weighted by Gasteiger charge is 2.42. The Balaban J connectivity index is 1.81. The van der Waals surface area contributed by atoms with Gasteiger partial charge in [-0.2, -0.15) is 22.0 Å². The molecule has 0 aromatic heterocycles. The van der Waals surface area contributed by atoms with Crippen LogP contribution >= 0.6 is 0 Å². The fourth-order valence-corrected chi connectivity index (χ4v) is 5.04. The molecular weight excluding hydrogens is 485 g/mol. The van der Waals surface area contributed by atoms with E-state index in [9.17, 15) is 35.2 Å². The number of alkyl halides is 5. The summed E-state index contributed by atoms with van der Waals surface area (Å²) in [6, 6.07) is 9.59. The number of hydrogen-bond donors (Lipinski definition) is 1. The Bertz CT molecular complexity index is 1140. The molecule has 1 aliphatic rings. The molecule has 1 amide bonds. The Morgan fingerprint density at radius 2 is 1.76 bits per heavy atom. The number of carbonyl (C=O) groups excluding carboxylic acids is 1. The quantitative estimate of drug-likeness (QED) is 0.599. The van der Waals surface area contributed by atoms with E-state index in [0.717, 1.165) is 11.0 Å². The lowest BCUT2D eigenvalue weighted by Crippen LogP contribution is -2.43. The Morgan fingerprint density at radius 1 is 1.06 bits per heavy atom. The number of halogens is 5. The first-order chi connectivity index (χ1) is 15.9. The molecule has 3 rings (SSSR count). The van der Waals surface area contributed by atoms with E-state index in [2.05, 4.69) is 9.46 Å². The van der Waals surface area contributed by atoms with E-state index < -0.39 is 28.7 Å². The van der Waals surface area contributed by atoms with Gasteiger partial charge in [0.25, 0.3) is 10.0 Å².